The Bertz CT molecular complexity index is 998. The van der Waals surface area contributed by atoms with Crippen LogP contribution in [0, 0.1) is 11.8 Å². The first-order valence-corrected chi connectivity index (χ1v) is 10.9. The minimum Gasteiger partial charge on any atom is -0.468 e. The predicted molar refractivity (Wildman–Crippen MR) is 118 cm³/mol. The average Bonchev–Trinajstić information content (AvgIpc) is 2.72. The summed E-state index contributed by atoms with van der Waals surface area (Å²) in [7, 11) is 1.26. The summed E-state index contributed by atoms with van der Waals surface area (Å²) in [5.74, 6) is -3.39. The maximum atomic E-state index is 13.6. The molecule has 6 nitrogen and oxygen atoms in total. The van der Waals surface area contributed by atoms with Crippen molar-refractivity contribution in [2.45, 2.75) is 39.5 Å². The van der Waals surface area contributed by atoms with Gasteiger partial charge in [0, 0.05) is 22.9 Å². The Hall–Kier alpha value is -2.31. The van der Waals surface area contributed by atoms with Gasteiger partial charge in [0.1, 0.15) is 5.92 Å². The van der Waals surface area contributed by atoms with Gasteiger partial charge in [-0.3, -0.25) is 9.59 Å². The van der Waals surface area contributed by atoms with Crippen molar-refractivity contribution in [3.05, 3.63) is 56.3 Å². The number of esters is 2. The van der Waals surface area contributed by atoms with Crippen LogP contribution >= 0.6 is 23.2 Å². The molecule has 0 amide bonds. The number of dihydropyridines is 1. The molecule has 2 aliphatic rings. The molecular formula is C23H25Cl2NO5. The van der Waals surface area contributed by atoms with E-state index < -0.39 is 23.8 Å². The topological polar surface area (TPSA) is 81.7 Å². The molecule has 1 heterocycles. The van der Waals surface area contributed by atoms with Gasteiger partial charge in [-0.05, 0) is 43.4 Å². The van der Waals surface area contributed by atoms with Gasteiger partial charge in [0.25, 0.3) is 0 Å². The summed E-state index contributed by atoms with van der Waals surface area (Å²) in [5.41, 5.74) is 2.60. The molecule has 0 radical (unpaired) electrons. The number of hydrogen-bond donors (Lipinski definition) is 1. The van der Waals surface area contributed by atoms with Gasteiger partial charge in [-0.1, -0.05) is 43.1 Å². The highest BCUT2D eigenvalue weighted by Gasteiger charge is 2.47. The van der Waals surface area contributed by atoms with Gasteiger partial charge < -0.3 is 14.8 Å². The summed E-state index contributed by atoms with van der Waals surface area (Å²) in [6, 6.07) is 5.00. The van der Waals surface area contributed by atoms with Crippen molar-refractivity contribution < 1.29 is 23.9 Å². The summed E-state index contributed by atoms with van der Waals surface area (Å²) >= 11 is 12.4. The van der Waals surface area contributed by atoms with Crippen LogP contribution in [0.25, 0.3) is 0 Å². The van der Waals surface area contributed by atoms with Gasteiger partial charge in [0.05, 0.1) is 29.3 Å². The summed E-state index contributed by atoms with van der Waals surface area (Å²) in [6.45, 7) is 5.77. The van der Waals surface area contributed by atoms with Gasteiger partial charge in [-0.15, -0.1) is 0 Å². The number of halogens is 2. The number of ether oxygens (including phenoxy) is 2. The average molecular weight is 466 g/mol. The standard InChI is InChI=1S/C23H25Cl2NO5/c1-5-8-31-23(29)18-12(3)26-16-9-11(2)17(22(28)30-4)21(27)20(16)19(18)13-6-7-14(24)15(25)10-13/h6-7,10-11,17,19,26H,5,8-9H2,1-4H3. The summed E-state index contributed by atoms with van der Waals surface area (Å²) < 4.78 is 10.3. The number of methoxy groups -OCH3 is 1. The van der Waals surface area contributed by atoms with Crippen molar-refractivity contribution in [3.8, 4) is 0 Å². The molecule has 1 aromatic rings. The lowest BCUT2D eigenvalue weighted by Gasteiger charge is -2.38. The Labute approximate surface area is 191 Å². The second-order valence-corrected chi connectivity index (χ2v) is 8.66. The lowest BCUT2D eigenvalue weighted by atomic mass is 9.69. The number of rotatable bonds is 5. The maximum Gasteiger partial charge on any atom is 0.336 e. The number of benzene rings is 1. The third-order valence-corrected chi connectivity index (χ3v) is 6.42. The SMILES string of the molecule is CCCOC(=O)C1=C(C)NC2=C(C(=O)C(C(=O)OC)C(C)C2)C1c1ccc(Cl)c(Cl)c1. The fraction of sp³-hybridized carbons (Fsp3) is 0.435. The zero-order valence-corrected chi connectivity index (χ0v) is 19.4. The van der Waals surface area contributed by atoms with Crippen molar-refractivity contribution in [2.24, 2.45) is 11.8 Å². The largest absolute Gasteiger partial charge is 0.468 e. The third kappa shape index (κ3) is 4.37. The fourth-order valence-electron chi connectivity index (χ4n) is 4.25. The molecule has 3 rings (SSSR count). The quantitative estimate of drug-likeness (QED) is 0.506. The molecular weight excluding hydrogens is 441 g/mol. The molecule has 31 heavy (non-hydrogen) atoms. The zero-order chi connectivity index (χ0) is 22.9. The van der Waals surface area contributed by atoms with E-state index >= 15 is 0 Å². The van der Waals surface area contributed by atoms with Gasteiger partial charge in [-0.2, -0.15) is 0 Å². The second-order valence-electron chi connectivity index (χ2n) is 7.84. The first-order chi connectivity index (χ1) is 14.7. The minimum absolute atomic E-state index is 0.248. The monoisotopic (exact) mass is 465 g/mol. The Kier molecular flexibility index (Phi) is 7.12. The number of allylic oxidation sites excluding steroid dienone is 3. The molecule has 1 N–H and O–H groups in total. The Morgan fingerprint density at radius 1 is 1.23 bits per heavy atom. The second kappa shape index (κ2) is 9.45. The molecule has 1 aliphatic heterocycles. The van der Waals surface area contributed by atoms with Gasteiger partial charge in [-0.25, -0.2) is 4.79 Å². The molecule has 0 spiro atoms. The first-order valence-electron chi connectivity index (χ1n) is 10.2. The van der Waals surface area contributed by atoms with Gasteiger partial charge in [0.2, 0.25) is 0 Å². The van der Waals surface area contributed by atoms with E-state index in [2.05, 4.69) is 5.32 Å². The number of Topliss-reactive ketones (excluding diaryl/α,β-unsaturated/α-hetero) is 1. The van der Waals surface area contributed by atoms with E-state index in [1.165, 1.54) is 7.11 Å². The molecule has 0 bridgehead atoms. The van der Waals surface area contributed by atoms with E-state index in [0.717, 1.165) is 0 Å². The smallest absolute Gasteiger partial charge is 0.336 e. The molecule has 0 fully saturated rings. The molecule has 166 valence electrons. The highest BCUT2D eigenvalue weighted by Crippen LogP contribution is 2.46. The first kappa shape index (κ1) is 23.4. The van der Waals surface area contributed by atoms with Crippen LogP contribution in [0.1, 0.15) is 45.1 Å². The van der Waals surface area contributed by atoms with Crippen LogP contribution in [-0.2, 0) is 23.9 Å². The zero-order valence-electron chi connectivity index (χ0n) is 17.9. The van der Waals surface area contributed by atoms with Crippen LogP contribution < -0.4 is 5.32 Å². The molecule has 0 saturated heterocycles. The summed E-state index contributed by atoms with van der Waals surface area (Å²) in [4.78, 5) is 39.0. The van der Waals surface area contributed by atoms with Crippen LogP contribution in [0.3, 0.4) is 0 Å². The summed E-state index contributed by atoms with van der Waals surface area (Å²) in [5, 5.41) is 3.88. The number of hydrogen-bond acceptors (Lipinski definition) is 6. The minimum atomic E-state index is -0.942. The van der Waals surface area contributed by atoms with Crippen molar-refractivity contribution >= 4 is 40.9 Å². The van der Waals surface area contributed by atoms with Gasteiger partial charge in [0.15, 0.2) is 5.78 Å². The predicted octanol–water partition coefficient (Wildman–Crippen LogP) is 4.56. The summed E-state index contributed by atoms with van der Waals surface area (Å²) in [6.07, 6.45) is 1.13. The Morgan fingerprint density at radius 2 is 1.94 bits per heavy atom. The van der Waals surface area contributed by atoms with E-state index in [0.29, 0.717) is 51.0 Å². The number of carbonyl (C=O) groups is 3. The lowest BCUT2D eigenvalue weighted by molar-refractivity contribution is -0.151. The fourth-order valence-corrected chi connectivity index (χ4v) is 4.56. The highest BCUT2D eigenvalue weighted by molar-refractivity contribution is 6.42. The maximum absolute atomic E-state index is 13.6. The van der Waals surface area contributed by atoms with Crippen molar-refractivity contribution in [2.75, 3.05) is 13.7 Å². The molecule has 8 heteroatoms. The van der Waals surface area contributed by atoms with Crippen LogP contribution in [0.5, 0.6) is 0 Å². The van der Waals surface area contributed by atoms with Crippen LogP contribution in [0.2, 0.25) is 10.0 Å². The highest BCUT2D eigenvalue weighted by atomic mass is 35.5. The Morgan fingerprint density at radius 3 is 2.55 bits per heavy atom. The number of carbonyl (C=O) groups excluding carboxylic acids is 3. The van der Waals surface area contributed by atoms with Crippen molar-refractivity contribution in [1.82, 2.24) is 5.32 Å². The molecule has 3 unspecified atom stereocenters. The van der Waals surface area contributed by atoms with Crippen molar-refractivity contribution in [1.29, 1.82) is 0 Å². The van der Waals surface area contributed by atoms with E-state index in [9.17, 15) is 14.4 Å². The third-order valence-electron chi connectivity index (χ3n) is 5.68. The van der Waals surface area contributed by atoms with Crippen LogP contribution in [-0.4, -0.2) is 31.4 Å². The molecule has 0 saturated carbocycles. The Balaban J connectivity index is 2.18. The molecule has 0 aromatic heterocycles. The lowest BCUT2D eigenvalue weighted by Crippen LogP contribution is -2.43. The molecule has 1 aliphatic carbocycles. The van der Waals surface area contributed by atoms with Crippen molar-refractivity contribution in [3.63, 3.8) is 0 Å². The normalized spacial score (nSPS) is 23.3. The number of ketones is 1. The molecule has 1 aromatic carbocycles. The van der Waals surface area contributed by atoms with Crippen LogP contribution in [0.4, 0.5) is 0 Å². The van der Waals surface area contributed by atoms with Crippen LogP contribution in [0.15, 0.2) is 40.7 Å². The number of nitrogens with one attached hydrogen (secondary N) is 1. The van der Waals surface area contributed by atoms with Gasteiger partial charge >= 0.3 is 11.9 Å². The van der Waals surface area contributed by atoms with E-state index in [4.69, 9.17) is 32.7 Å². The van der Waals surface area contributed by atoms with E-state index in [-0.39, 0.29) is 18.3 Å². The molecule has 3 atom stereocenters. The van der Waals surface area contributed by atoms with E-state index in [1.807, 2.05) is 13.8 Å². The van der Waals surface area contributed by atoms with E-state index in [1.54, 1.807) is 25.1 Å².